The standard InChI is InChI=1S/C19H25N3OS/c1-20-10-7-19(23)21-13-17(15-5-3-2-4-6-15)22-11-8-18-16(14-22)9-12-24-18/h2-6,9,12,17,20H,7-8,10-11,13-14H2,1H3,(H,21,23). The molecule has 0 saturated heterocycles. The van der Waals surface area contributed by atoms with Gasteiger partial charge in [-0.05, 0) is 36.0 Å². The van der Waals surface area contributed by atoms with E-state index in [9.17, 15) is 4.79 Å². The fourth-order valence-electron chi connectivity index (χ4n) is 3.21. The van der Waals surface area contributed by atoms with Crippen LogP contribution in [0.2, 0.25) is 0 Å². The lowest BCUT2D eigenvalue weighted by Crippen LogP contribution is -2.40. The molecule has 2 heterocycles. The van der Waals surface area contributed by atoms with Gasteiger partial charge in [-0.15, -0.1) is 11.3 Å². The summed E-state index contributed by atoms with van der Waals surface area (Å²) >= 11 is 1.86. The molecule has 128 valence electrons. The molecule has 24 heavy (non-hydrogen) atoms. The molecule has 5 heteroatoms. The van der Waals surface area contributed by atoms with Crippen molar-refractivity contribution in [2.75, 3.05) is 26.7 Å². The maximum Gasteiger partial charge on any atom is 0.221 e. The van der Waals surface area contributed by atoms with E-state index in [0.717, 1.165) is 19.5 Å². The molecule has 1 aromatic carbocycles. The largest absolute Gasteiger partial charge is 0.354 e. The number of nitrogens with one attached hydrogen (secondary N) is 2. The first-order valence-corrected chi connectivity index (χ1v) is 9.41. The molecule has 0 aliphatic carbocycles. The molecule has 0 saturated carbocycles. The predicted molar refractivity (Wildman–Crippen MR) is 99.2 cm³/mol. The monoisotopic (exact) mass is 343 g/mol. The number of rotatable bonds is 7. The van der Waals surface area contributed by atoms with Gasteiger partial charge in [0, 0.05) is 37.5 Å². The third-order valence-electron chi connectivity index (χ3n) is 4.56. The lowest BCUT2D eigenvalue weighted by Gasteiger charge is -2.35. The minimum absolute atomic E-state index is 0.110. The van der Waals surface area contributed by atoms with E-state index in [1.54, 1.807) is 0 Å². The van der Waals surface area contributed by atoms with Crippen LogP contribution in [0.15, 0.2) is 41.8 Å². The quantitative estimate of drug-likeness (QED) is 0.812. The number of carbonyl (C=O) groups is 1. The lowest BCUT2D eigenvalue weighted by atomic mass is 10.0. The average molecular weight is 343 g/mol. The molecule has 1 aliphatic rings. The molecule has 1 aromatic heterocycles. The summed E-state index contributed by atoms with van der Waals surface area (Å²) in [6, 6.07) is 13.0. The fourth-order valence-corrected chi connectivity index (χ4v) is 4.10. The van der Waals surface area contributed by atoms with Crippen LogP contribution in [0, 0.1) is 0 Å². The summed E-state index contributed by atoms with van der Waals surface area (Å²) in [5, 5.41) is 8.32. The maximum absolute atomic E-state index is 12.0. The Hall–Kier alpha value is -1.69. The smallest absolute Gasteiger partial charge is 0.221 e. The number of fused-ring (bicyclic) bond motifs is 1. The zero-order valence-electron chi connectivity index (χ0n) is 14.1. The third-order valence-corrected chi connectivity index (χ3v) is 5.58. The molecular formula is C19H25N3OS. The van der Waals surface area contributed by atoms with Gasteiger partial charge in [-0.1, -0.05) is 30.3 Å². The summed E-state index contributed by atoms with van der Waals surface area (Å²) in [6.45, 7) is 3.38. The van der Waals surface area contributed by atoms with Gasteiger partial charge >= 0.3 is 0 Å². The van der Waals surface area contributed by atoms with E-state index < -0.39 is 0 Å². The first-order valence-electron chi connectivity index (χ1n) is 8.53. The van der Waals surface area contributed by atoms with Gasteiger partial charge in [0.15, 0.2) is 0 Å². The van der Waals surface area contributed by atoms with Crippen LogP contribution in [0.5, 0.6) is 0 Å². The van der Waals surface area contributed by atoms with Crippen LogP contribution in [0.3, 0.4) is 0 Å². The molecule has 0 fully saturated rings. The molecule has 0 bridgehead atoms. The minimum Gasteiger partial charge on any atom is -0.354 e. The van der Waals surface area contributed by atoms with Crippen LogP contribution in [-0.2, 0) is 17.8 Å². The highest BCUT2D eigenvalue weighted by Crippen LogP contribution is 2.30. The summed E-state index contributed by atoms with van der Waals surface area (Å²) in [5.41, 5.74) is 2.71. The van der Waals surface area contributed by atoms with E-state index >= 15 is 0 Å². The van der Waals surface area contributed by atoms with E-state index in [4.69, 9.17) is 0 Å². The van der Waals surface area contributed by atoms with Crippen molar-refractivity contribution in [2.24, 2.45) is 0 Å². The number of thiophene rings is 1. The first kappa shape index (κ1) is 17.1. The van der Waals surface area contributed by atoms with Crippen molar-refractivity contribution in [2.45, 2.75) is 25.4 Å². The van der Waals surface area contributed by atoms with Gasteiger partial charge in [0.2, 0.25) is 5.91 Å². The Kier molecular flexibility index (Phi) is 6.01. The molecule has 0 spiro atoms. The van der Waals surface area contributed by atoms with Gasteiger partial charge in [0.25, 0.3) is 0 Å². The molecule has 2 N–H and O–H groups in total. The molecule has 1 aliphatic heterocycles. The minimum atomic E-state index is 0.110. The van der Waals surface area contributed by atoms with Gasteiger partial charge in [-0.2, -0.15) is 0 Å². The predicted octanol–water partition coefficient (Wildman–Crippen LogP) is 2.57. The summed E-state index contributed by atoms with van der Waals surface area (Å²) in [4.78, 5) is 16.0. The maximum atomic E-state index is 12.0. The molecular weight excluding hydrogens is 318 g/mol. The second-order valence-corrected chi connectivity index (χ2v) is 7.17. The molecule has 1 amide bonds. The van der Waals surface area contributed by atoms with Crippen molar-refractivity contribution in [3.8, 4) is 0 Å². The van der Waals surface area contributed by atoms with Crippen molar-refractivity contribution in [3.05, 3.63) is 57.8 Å². The van der Waals surface area contributed by atoms with E-state index in [0.29, 0.717) is 19.5 Å². The zero-order chi connectivity index (χ0) is 16.8. The number of nitrogens with zero attached hydrogens (tertiary/aromatic N) is 1. The second kappa shape index (κ2) is 8.42. The third kappa shape index (κ3) is 4.23. The Bertz CT molecular complexity index is 656. The van der Waals surface area contributed by atoms with Crippen molar-refractivity contribution in [1.82, 2.24) is 15.5 Å². The van der Waals surface area contributed by atoms with E-state index in [1.807, 2.05) is 24.5 Å². The summed E-state index contributed by atoms with van der Waals surface area (Å²) in [6.07, 6.45) is 1.62. The van der Waals surface area contributed by atoms with E-state index in [1.165, 1.54) is 16.0 Å². The van der Waals surface area contributed by atoms with Crippen LogP contribution in [0.1, 0.15) is 28.5 Å². The van der Waals surface area contributed by atoms with Crippen LogP contribution < -0.4 is 10.6 Å². The Balaban J connectivity index is 1.70. The second-order valence-electron chi connectivity index (χ2n) is 6.17. The topological polar surface area (TPSA) is 44.4 Å². The molecule has 3 rings (SSSR count). The van der Waals surface area contributed by atoms with Gasteiger partial charge in [-0.3, -0.25) is 9.69 Å². The summed E-state index contributed by atoms with van der Waals surface area (Å²) < 4.78 is 0. The number of amides is 1. The molecule has 2 aromatic rings. The van der Waals surface area contributed by atoms with E-state index in [2.05, 4.69) is 51.2 Å². The average Bonchev–Trinajstić information content (AvgIpc) is 3.09. The fraction of sp³-hybridized carbons (Fsp3) is 0.421. The number of hydrogen-bond acceptors (Lipinski definition) is 4. The van der Waals surface area contributed by atoms with E-state index in [-0.39, 0.29) is 11.9 Å². The van der Waals surface area contributed by atoms with Gasteiger partial charge < -0.3 is 10.6 Å². The normalized spacial score (nSPS) is 15.7. The number of carbonyl (C=O) groups excluding carboxylic acids is 1. The van der Waals surface area contributed by atoms with Gasteiger partial charge in [-0.25, -0.2) is 0 Å². The van der Waals surface area contributed by atoms with Crippen molar-refractivity contribution in [1.29, 1.82) is 0 Å². The summed E-state index contributed by atoms with van der Waals surface area (Å²) in [5.74, 6) is 0.110. The highest BCUT2D eigenvalue weighted by Gasteiger charge is 2.25. The Morgan fingerprint density at radius 2 is 2.12 bits per heavy atom. The molecule has 0 radical (unpaired) electrons. The number of hydrogen-bond donors (Lipinski definition) is 2. The van der Waals surface area contributed by atoms with Crippen LogP contribution in [-0.4, -0.2) is 37.5 Å². The van der Waals surface area contributed by atoms with Crippen LogP contribution >= 0.6 is 11.3 Å². The molecule has 1 unspecified atom stereocenters. The molecule has 1 atom stereocenters. The Labute approximate surface area is 147 Å². The first-order chi connectivity index (χ1) is 11.8. The highest BCUT2D eigenvalue weighted by molar-refractivity contribution is 7.10. The SMILES string of the molecule is CNCCC(=O)NCC(c1ccccc1)N1CCc2sccc2C1. The summed E-state index contributed by atoms with van der Waals surface area (Å²) in [7, 11) is 1.87. The van der Waals surface area contributed by atoms with Crippen molar-refractivity contribution >= 4 is 17.2 Å². The lowest BCUT2D eigenvalue weighted by molar-refractivity contribution is -0.121. The van der Waals surface area contributed by atoms with Crippen LogP contribution in [0.25, 0.3) is 0 Å². The highest BCUT2D eigenvalue weighted by atomic mass is 32.1. The van der Waals surface area contributed by atoms with Gasteiger partial charge in [0.1, 0.15) is 0 Å². The Morgan fingerprint density at radius 3 is 2.92 bits per heavy atom. The zero-order valence-corrected chi connectivity index (χ0v) is 14.9. The van der Waals surface area contributed by atoms with Crippen molar-refractivity contribution < 1.29 is 4.79 Å². The van der Waals surface area contributed by atoms with Crippen molar-refractivity contribution in [3.63, 3.8) is 0 Å². The van der Waals surface area contributed by atoms with Gasteiger partial charge in [0.05, 0.1) is 6.04 Å². The van der Waals surface area contributed by atoms with Crippen LogP contribution in [0.4, 0.5) is 0 Å². The Morgan fingerprint density at radius 1 is 1.29 bits per heavy atom. The number of benzene rings is 1. The molecule has 4 nitrogen and oxygen atoms in total.